The number of nitrogens with zero attached hydrogens (tertiary/aromatic N) is 2. The lowest BCUT2D eigenvalue weighted by Crippen LogP contribution is -2.25. The number of unbranched alkanes of at least 4 members (excludes halogenated alkanes) is 1. The van der Waals surface area contributed by atoms with Gasteiger partial charge in [-0.15, -0.1) is 0 Å². The van der Waals surface area contributed by atoms with E-state index in [4.69, 9.17) is 10.5 Å². The van der Waals surface area contributed by atoms with Gasteiger partial charge in [-0.2, -0.15) is 14.9 Å². The van der Waals surface area contributed by atoms with Gasteiger partial charge >= 0.3 is 0 Å². The first-order chi connectivity index (χ1) is 16.2. The van der Waals surface area contributed by atoms with Gasteiger partial charge in [-0.05, 0) is 98.8 Å². The monoisotopic (exact) mass is 446 g/mol. The molecule has 2 aliphatic carbocycles. The SMILES string of the molecule is N#CC(F)=CC=CCCC1CCC(C2CCC(CCCCc3ccc(C#N)cc3)CC2)CC1. The van der Waals surface area contributed by atoms with Gasteiger partial charge in [-0.25, -0.2) is 0 Å². The van der Waals surface area contributed by atoms with Crippen molar-refractivity contribution in [3.63, 3.8) is 0 Å². The Balaban J connectivity index is 1.24. The quantitative estimate of drug-likeness (QED) is 0.205. The van der Waals surface area contributed by atoms with E-state index in [0.29, 0.717) is 0 Å². The Morgan fingerprint density at radius 2 is 1.45 bits per heavy atom. The summed E-state index contributed by atoms with van der Waals surface area (Å²) in [4.78, 5) is 0. The lowest BCUT2D eigenvalue weighted by Gasteiger charge is -2.38. The molecule has 2 nitrogen and oxygen atoms in total. The summed E-state index contributed by atoms with van der Waals surface area (Å²) < 4.78 is 12.8. The Bertz CT molecular complexity index is 839. The third kappa shape index (κ3) is 8.81. The molecule has 0 spiro atoms. The predicted molar refractivity (Wildman–Crippen MR) is 133 cm³/mol. The maximum Gasteiger partial charge on any atom is 0.199 e. The Kier molecular flexibility index (Phi) is 10.7. The molecule has 3 rings (SSSR count). The Morgan fingerprint density at radius 3 is 2.03 bits per heavy atom. The van der Waals surface area contributed by atoms with Crippen molar-refractivity contribution < 1.29 is 4.39 Å². The van der Waals surface area contributed by atoms with E-state index in [2.05, 4.69) is 18.2 Å². The highest BCUT2D eigenvalue weighted by molar-refractivity contribution is 5.31. The molecule has 0 N–H and O–H groups in total. The first kappa shape index (κ1) is 25.2. The van der Waals surface area contributed by atoms with Crippen molar-refractivity contribution in [2.45, 2.75) is 89.9 Å². The van der Waals surface area contributed by atoms with E-state index in [1.54, 1.807) is 6.08 Å². The summed E-state index contributed by atoms with van der Waals surface area (Å²) >= 11 is 0. The standard InChI is InChI=1S/C30H39FN2/c31-30(23-33)9-3-1-2-6-25-14-18-28(19-15-25)29-20-16-26(17-21-29)8-5-4-7-24-10-12-27(22-32)13-11-24/h1,3,9-13,25-26,28-29H,2,4-8,14-21H2. The van der Waals surface area contributed by atoms with Crippen LogP contribution in [-0.2, 0) is 6.42 Å². The molecule has 0 heterocycles. The Morgan fingerprint density at radius 1 is 0.848 bits per heavy atom. The fraction of sp³-hybridized carbons (Fsp3) is 0.600. The lowest BCUT2D eigenvalue weighted by molar-refractivity contribution is 0.140. The largest absolute Gasteiger partial charge is 0.199 e. The average Bonchev–Trinajstić information content (AvgIpc) is 2.87. The maximum atomic E-state index is 12.8. The third-order valence-corrected chi connectivity index (χ3v) is 8.09. The molecule has 0 radical (unpaired) electrons. The van der Waals surface area contributed by atoms with Crippen LogP contribution in [0, 0.1) is 46.3 Å². The molecular weight excluding hydrogens is 407 g/mol. The smallest absolute Gasteiger partial charge is 0.195 e. The van der Waals surface area contributed by atoms with E-state index in [9.17, 15) is 4.39 Å². The summed E-state index contributed by atoms with van der Waals surface area (Å²) in [5, 5.41) is 17.3. The topological polar surface area (TPSA) is 47.6 Å². The minimum atomic E-state index is -0.718. The van der Waals surface area contributed by atoms with E-state index in [1.165, 1.54) is 94.8 Å². The number of aryl methyl sites for hydroxylation is 1. The van der Waals surface area contributed by atoms with Crippen molar-refractivity contribution in [3.05, 3.63) is 59.4 Å². The molecule has 0 bridgehead atoms. The van der Waals surface area contributed by atoms with E-state index in [0.717, 1.165) is 42.1 Å². The molecule has 176 valence electrons. The van der Waals surface area contributed by atoms with Crippen LogP contribution in [0.5, 0.6) is 0 Å². The number of halogens is 1. The zero-order valence-electron chi connectivity index (χ0n) is 20.0. The summed E-state index contributed by atoms with van der Waals surface area (Å²) in [5.74, 6) is 2.94. The van der Waals surface area contributed by atoms with E-state index in [1.807, 2.05) is 18.2 Å². The van der Waals surface area contributed by atoms with Gasteiger partial charge in [-0.1, -0.05) is 62.8 Å². The van der Waals surface area contributed by atoms with Gasteiger partial charge in [0.15, 0.2) is 5.83 Å². The second-order valence-corrected chi connectivity index (χ2v) is 10.2. The van der Waals surface area contributed by atoms with Crippen LogP contribution in [0.25, 0.3) is 0 Å². The number of allylic oxidation sites excluding steroid dienone is 4. The van der Waals surface area contributed by atoms with Crippen LogP contribution >= 0.6 is 0 Å². The summed E-state index contributed by atoms with van der Waals surface area (Å²) in [6, 6.07) is 11.8. The summed E-state index contributed by atoms with van der Waals surface area (Å²) in [7, 11) is 0. The normalized spacial score (nSPS) is 26.1. The second-order valence-electron chi connectivity index (χ2n) is 10.2. The molecule has 2 fully saturated rings. The maximum absolute atomic E-state index is 12.8. The first-order valence-electron chi connectivity index (χ1n) is 13.1. The third-order valence-electron chi connectivity index (χ3n) is 8.09. The highest BCUT2D eigenvalue weighted by Crippen LogP contribution is 2.43. The van der Waals surface area contributed by atoms with Crippen molar-refractivity contribution in [1.29, 1.82) is 10.5 Å². The molecule has 0 atom stereocenters. The fourth-order valence-electron chi connectivity index (χ4n) is 6.02. The first-order valence-corrected chi connectivity index (χ1v) is 13.1. The van der Waals surface area contributed by atoms with Crippen molar-refractivity contribution in [2.24, 2.45) is 23.7 Å². The van der Waals surface area contributed by atoms with Gasteiger partial charge in [0.25, 0.3) is 0 Å². The van der Waals surface area contributed by atoms with Crippen LogP contribution in [0.2, 0.25) is 0 Å². The zero-order chi connectivity index (χ0) is 23.3. The number of nitriles is 2. The fourth-order valence-corrected chi connectivity index (χ4v) is 6.02. The zero-order valence-corrected chi connectivity index (χ0v) is 20.0. The van der Waals surface area contributed by atoms with Gasteiger partial charge in [0.05, 0.1) is 11.6 Å². The molecule has 0 aliphatic heterocycles. The molecule has 33 heavy (non-hydrogen) atoms. The second kappa shape index (κ2) is 14.0. The van der Waals surface area contributed by atoms with Crippen LogP contribution < -0.4 is 0 Å². The number of hydrogen-bond acceptors (Lipinski definition) is 2. The molecule has 0 saturated heterocycles. The van der Waals surface area contributed by atoms with Crippen LogP contribution in [0.15, 0.2) is 48.3 Å². The predicted octanol–water partition coefficient (Wildman–Crippen LogP) is 8.60. The molecule has 0 amide bonds. The molecule has 2 aliphatic rings. The lowest BCUT2D eigenvalue weighted by atomic mass is 9.68. The molecule has 1 aromatic carbocycles. The van der Waals surface area contributed by atoms with Gasteiger partial charge in [0.2, 0.25) is 0 Å². The van der Waals surface area contributed by atoms with Crippen molar-refractivity contribution in [2.75, 3.05) is 0 Å². The molecular formula is C30H39FN2. The molecule has 0 aromatic heterocycles. The minimum Gasteiger partial charge on any atom is -0.195 e. The summed E-state index contributed by atoms with van der Waals surface area (Å²) in [5.41, 5.74) is 2.11. The van der Waals surface area contributed by atoms with Crippen LogP contribution in [0.1, 0.15) is 94.6 Å². The molecule has 3 heteroatoms. The summed E-state index contributed by atoms with van der Waals surface area (Å²) in [6.45, 7) is 0. The van der Waals surface area contributed by atoms with E-state index < -0.39 is 5.83 Å². The van der Waals surface area contributed by atoms with Gasteiger partial charge in [-0.3, -0.25) is 0 Å². The summed E-state index contributed by atoms with van der Waals surface area (Å²) in [6.07, 6.45) is 23.5. The number of rotatable bonds is 10. The van der Waals surface area contributed by atoms with Crippen LogP contribution in [0.3, 0.4) is 0 Å². The van der Waals surface area contributed by atoms with Crippen molar-refractivity contribution in [3.8, 4) is 12.1 Å². The van der Waals surface area contributed by atoms with Gasteiger partial charge in [0.1, 0.15) is 6.07 Å². The highest BCUT2D eigenvalue weighted by Gasteiger charge is 2.30. The number of benzene rings is 1. The van der Waals surface area contributed by atoms with Crippen LogP contribution in [-0.4, -0.2) is 0 Å². The molecule has 2 saturated carbocycles. The van der Waals surface area contributed by atoms with Crippen LogP contribution in [0.4, 0.5) is 4.39 Å². The van der Waals surface area contributed by atoms with E-state index in [-0.39, 0.29) is 0 Å². The number of hydrogen-bond donors (Lipinski definition) is 0. The molecule has 1 aromatic rings. The van der Waals surface area contributed by atoms with Crippen molar-refractivity contribution >= 4 is 0 Å². The van der Waals surface area contributed by atoms with Gasteiger partial charge in [0, 0.05) is 0 Å². The highest BCUT2D eigenvalue weighted by atomic mass is 19.1. The molecule has 0 unspecified atom stereocenters. The average molecular weight is 447 g/mol. The van der Waals surface area contributed by atoms with Gasteiger partial charge < -0.3 is 0 Å². The Labute approximate surface area is 200 Å². The van der Waals surface area contributed by atoms with E-state index >= 15 is 0 Å². The Hall–Kier alpha value is -2.39. The van der Waals surface area contributed by atoms with Crippen molar-refractivity contribution in [1.82, 2.24) is 0 Å². The minimum absolute atomic E-state index is 0.718.